The molecule has 0 radical (unpaired) electrons. The minimum Gasteiger partial charge on any atom is -0.438 e. The molecule has 6 heteroatoms. The third-order valence-corrected chi connectivity index (χ3v) is 3.70. The number of thiophene rings is 1. The van der Waals surface area contributed by atoms with Crippen molar-refractivity contribution in [3.63, 3.8) is 0 Å². The summed E-state index contributed by atoms with van der Waals surface area (Å²) in [6.07, 6.45) is 3.96. The molecule has 2 aromatic heterocycles. The number of aromatic nitrogens is 2. The lowest BCUT2D eigenvalue weighted by molar-refractivity contribution is 0.468. The van der Waals surface area contributed by atoms with Gasteiger partial charge in [-0.2, -0.15) is 4.98 Å². The lowest BCUT2D eigenvalue weighted by Gasteiger charge is -2.09. The summed E-state index contributed by atoms with van der Waals surface area (Å²) in [6, 6.07) is 9.73. The van der Waals surface area contributed by atoms with E-state index in [-0.39, 0.29) is 0 Å². The van der Waals surface area contributed by atoms with Crippen molar-refractivity contribution in [1.82, 2.24) is 9.97 Å². The average Bonchev–Trinajstić information content (AvgIpc) is 2.98. The van der Waals surface area contributed by atoms with Crippen LogP contribution in [-0.2, 0) is 0 Å². The number of para-hydroxylation sites is 1. The zero-order chi connectivity index (χ0) is 14.7. The molecule has 0 fully saturated rings. The highest BCUT2D eigenvalue weighted by Crippen LogP contribution is 2.32. The first-order valence-corrected chi connectivity index (χ1v) is 7.31. The van der Waals surface area contributed by atoms with E-state index in [0.717, 1.165) is 21.5 Å². The van der Waals surface area contributed by atoms with E-state index in [4.69, 9.17) is 10.6 Å². The van der Waals surface area contributed by atoms with Gasteiger partial charge in [-0.25, -0.2) is 10.8 Å². The highest BCUT2D eigenvalue weighted by atomic mass is 32.1. The summed E-state index contributed by atoms with van der Waals surface area (Å²) in [4.78, 5) is 9.42. The summed E-state index contributed by atoms with van der Waals surface area (Å²) in [6.45, 7) is 1.97. The molecule has 0 spiro atoms. The van der Waals surface area contributed by atoms with E-state index < -0.39 is 0 Å². The van der Waals surface area contributed by atoms with Crippen molar-refractivity contribution in [2.24, 2.45) is 5.84 Å². The van der Waals surface area contributed by atoms with Gasteiger partial charge in [0.15, 0.2) is 0 Å². The molecule has 3 rings (SSSR count). The Morgan fingerprint density at radius 2 is 2.10 bits per heavy atom. The first kappa shape index (κ1) is 13.5. The highest BCUT2D eigenvalue weighted by molar-refractivity contribution is 7.16. The Hall–Kier alpha value is -2.44. The number of nitrogen functional groups attached to an aromatic ring is 1. The molecule has 0 amide bonds. The van der Waals surface area contributed by atoms with Crippen molar-refractivity contribution in [3.05, 3.63) is 47.4 Å². The number of allylic oxidation sites excluding steroid dienone is 1. The zero-order valence-electron chi connectivity index (χ0n) is 11.4. The number of hydrogen-bond donors (Lipinski definition) is 2. The van der Waals surface area contributed by atoms with Crippen LogP contribution in [0.2, 0.25) is 0 Å². The molecule has 1 aromatic carbocycles. The predicted molar refractivity (Wildman–Crippen MR) is 86.4 cm³/mol. The summed E-state index contributed by atoms with van der Waals surface area (Å²) in [7, 11) is 0. The molecule has 0 bridgehead atoms. The van der Waals surface area contributed by atoms with Crippen molar-refractivity contribution < 1.29 is 4.74 Å². The van der Waals surface area contributed by atoms with Crippen LogP contribution in [0.3, 0.4) is 0 Å². The van der Waals surface area contributed by atoms with Crippen molar-refractivity contribution >= 4 is 33.6 Å². The van der Waals surface area contributed by atoms with Gasteiger partial charge in [-0.15, -0.1) is 11.3 Å². The number of nitrogens with two attached hydrogens (primary N) is 1. The summed E-state index contributed by atoms with van der Waals surface area (Å²) < 4.78 is 5.98. The van der Waals surface area contributed by atoms with E-state index in [1.165, 1.54) is 11.3 Å². The van der Waals surface area contributed by atoms with Crippen LogP contribution in [0.15, 0.2) is 41.8 Å². The fraction of sp³-hybridized carbons (Fsp3) is 0.0667. The van der Waals surface area contributed by atoms with Crippen LogP contribution < -0.4 is 16.0 Å². The number of fused-ring (bicyclic) bond motifs is 1. The summed E-state index contributed by atoms with van der Waals surface area (Å²) in [5.41, 5.74) is 3.46. The van der Waals surface area contributed by atoms with Gasteiger partial charge in [-0.3, -0.25) is 5.43 Å². The van der Waals surface area contributed by atoms with Gasteiger partial charge in [-0.05, 0) is 24.4 Å². The van der Waals surface area contributed by atoms with E-state index in [9.17, 15) is 0 Å². The Labute approximate surface area is 126 Å². The van der Waals surface area contributed by atoms with E-state index >= 15 is 0 Å². The molecule has 106 valence electrons. The number of benzene rings is 1. The van der Waals surface area contributed by atoms with Crippen molar-refractivity contribution in [3.8, 4) is 11.6 Å². The molecule has 0 saturated carbocycles. The maximum Gasteiger partial charge on any atom is 0.241 e. The Bertz CT molecular complexity index is 797. The van der Waals surface area contributed by atoms with Crippen LogP contribution in [0.1, 0.15) is 12.5 Å². The van der Waals surface area contributed by atoms with Gasteiger partial charge in [0.1, 0.15) is 10.6 Å². The molecule has 3 aromatic rings. The molecule has 0 unspecified atom stereocenters. The summed E-state index contributed by atoms with van der Waals surface area (Å²) in [5.74, 6) is 6.98. The topological polar surface area (TPSA) is 73.1 Å². The second-order valence-electron chi connectivity index (χ2n) is 4.28. The first-order chi connectivity index (χ1) is 10.3. The fourth-order valence-corrected chi connectivity index (χ4v) is 2.72. The molecular weight excluding hydrogens is 284 g/mol. The van der Waals surface area contributed by atoms with E-state index in [2.05, 4.69) is 15.4 Å². The van der Waals surface area contributed by atoms with Crippen molar-refractivity contribution in [2.45, 2.75) is 6.92 Å². The fourth-order valence-electron chi connectivity index (χ4n) is 1.97. The van der Waals surface area contributed by atoms with Gasteiger partial charge < -0.3 is 4.74 Å². The maximum atomic E-state index is 5.98. The number of anilines is 1. The molecule has 5 nitrogen and oxygen atoms in total. The van der Waals surface area contributed by atoms with Crippen LogP contribution in [0.5, 0.6) is 11.6 Å². The number of ether oxygens (including phenoxy) is 1. The first-order valence-electron chi connectivity index (χ1n) is 6.43. The lowest BCUT2D eigenvalue weighted by atomic mass is 10.2. The van der Waals surface area contributed by atoms with Gasteiger partial charge in [-0.1, -0.05) is 30.4 Å². The van der Waals surface area contributed by atoms with Crippen LogP contribution in [-0.4, -0.2) is 9.97 Å². The van der Waals surface area contributed by atoms with Gasteiger partial charge >= 0.3 is 0 Å². The Balaban J connectivity index is 2.07. The standard InChI is InChI=1S/C15H14N4OS/c1-2-5-10-6-3-4-7-12(10)20-13-11-8-9-21-14(11)18-15(17-13)19-16/h2-9H,16H2,1H3,(H,17,18,19)/b5-2+. The summed E-state index contributed by atoms with van der Waals surface area (Å²) >= 11 is 1.52. The quantitative estimate of drug-likeness (QED) is 0.566. The largest absolute Gasteiger partial charge is 0.438 e. The predicted octanol–water partition coefficient (Wildman–Crippen LogP) is 3.80. The van der Waals surface area contributed by atoms with Crippen LogP contribution in [0.4, 0.5) is 5.95 Å². The molecule has 0 atom stereocenters. The second kappa shape index (κ2) is 5.90. The number of nitrogens with zero attached hydrogens (tertiary/aromatic N) is 2. The van der Waals surface area contributed by atoms with Crippen LogP contribution >= 0.6 is 11.3 Å². The lowest BCUT2D eigenvalue weighted by Crippen LogP contribution is -2.10. The van der Waals surface area contributed by atoms with E-state index in [0.29, 0.717) is 11.8 Å². The van der Waals surface area contributed by atoms with Gasteiger partial charge in [0, 0.05) is 5.56 Å². The van der Waals surface area contributed by atoms with Crippen molar-refractivity contribution in [2.75, 3.05) is 5.43 Å². The minimum atomic E-state index is 0.337. The Kier molecular flexibility index (Phi) is 3.81. The third-order valence-electron chi connectivity index (χ3n) is 2.89. The van der Waals surface area contributed by atoms with Gasteiger partial charge in [0.25, 0.3) is 0 Å². The average molecular weight is 298 g/mol. The van der Waals surface area contributed by atoms with Crippen LogP contribution in [0.25, 0.3) is 16.3 Å². The molecule has 0 aliphatic heterocycles. The number of hydrazine groups is 1. The van der Waals surface area contributed by atoms with Gasteiger partial charge in [0.2, 0.25) is 11.8 Å². The summed E-state index contributed by atoms with van der Waals surface area (Å²) in [5, 5.41) is 2.82. The molecule has 21 heavy (non-hydrogen) atoms. The molecule has 0 saturated heterocycles. The van der Waals surface area contributed by atoms with Crippen molar-refractivity contribution in [1.29, 1.82) is 0 Å². The number of hydrogen-bond acceptors (Lipinski definition) is 6. The molecule has 0 aliphatic rings. The minimum absolute atomic E-state index is 0.337. The van der Waals surface area contributed by atoms with Crippen LogP contribution in [0, 0.1) is 0 Å². The number of rotatable bonds is 4. The Morgan fingerprint density at radius 1 is 1.24 bits per heavy atom. The molecule has 2 heterocycles. The Morgan fingerprint density at radius 3 is 2.90 bits per heavy atom. The van der Waals surface area contributed by atoms with Gasteiger partial charge in [0.05, 0.1) is 5.39 Å². The smallest absolute Gasteiger partial charge is 0.241 e. The molecule has 3 N–H and O–H groups in total. The van der Waals surface area contributed by atoms with E-state index in [1.807, 2.05) is 54.8 Å². The monoisotopic (exact) mass is 298 g/mol. The second-order valence-corrected chi connectivity index (χ2v) is 5.17. The normalized spacial score (nSPS) is 11.1. The SMILES string of the molecule is C/C=C/c1ccccc1Oc1nc(NN)nc2sccc12. The maximum absolute atomic E-state index is 5.98. The zero-order valence-corrected chi connectivity index (χ0v) is 12.2. The van der Waals surface area contributed by atoms with E-state index in [1.54, 1.807) is 0 Å². The third kappa shape index (κ3) is 2.72. The number of nitrogens with one attached hydrogen (secondary N) is 1. The highest BCUT2D eigenvalue weighted by Gasteiger charge is 2.11. The molecule has 0 aliphatic carbocycles. The molecular formula is C15H14N4OS.